The Morgan fingerprint density at radius 1 is 0.818 bits per heavy atom. The summed E-state index contributed by atoms with van der Waals surface area (Å²) in [5.41, 5.74) is 1.04. The quantitative estimate of drug-likeness (QED) is 0.0597. The second-order valence-electron chi connectivity index (χ2n) is 8.53. The first-order valence-corrected chi connectivity index (χ1v) is 16.6. The number of para-hydroxylation sites is 1. The molecule has 2 aromatic carbocycles. The number of anilines is 2. The third-order valence-corrected chi connectivity index (χ3v) is 8.12. The third-order valence-electron chi connectivity index (χ3n) is 5.33. The van der Waals surface area contributed by atoms with Crippen molar-refractivity contribution in [2.24, 2.45) is 0 Å². The Kier molecular flexibility index (Phi) is 17.8. The number of pyridine rings is 1. The number of carboxylic acids is 1. The van der Waals surface area contributed by atoms with Crippen molar-refractivity contribution in [1.82, 2.24) is 4.98 Å². The molecule has 1 heterocycles. The SMILES string of the molecule is O=C(O)c1ccccc1Nc1cc(Cl)c(OC=COCCOCCOCCOCCOCCSSc2ccccn2)c(Cl)c1. The minimum atomic E-state index is -1.05. The molecule has 0 aliphatic carbocycles. The van der Waals surface area contributed by atoms with Gasteiger partial charge in [-0.15, -0.1) is 0 Å². The third kappa shape index (κ3) is 14.4. The maximum atomic E-state index is 11.4. The fraction of sp³-hybridized carbons (Fsp3) is 0.333. The summed E-state index contributed by atoms with van der Waals surface area (Å²) in [5.74, 6) is 0.0682. The molecule has 10 nitrogen and oxygen atoms in total. The molecule has 2 N–H and O–H groups in total. The molecule has 44 heavy (non-hydrogen) atoms. The van der Waals surface area contributed by atoms with Gasteiger partial charge in [-0.3, -0.25) is 0 Å². The maximum Gasteiger partial charge on any atom is 0.337 e. The van der Waals surface area contributed by atoms with E-state index in [1.54, 1.807) is 58.1 Å². The Labute approximate surface area is 274 Å². The Bertz CT molecular complexity index is 1270. The first kappa shape index (κ1) is 35.8. The summed E-state index contributed by atoms with van der Waals surface area (Å²) in [5, 5.41) is 13.8. The van der Waals surface area contributed by atoms with Crippen molar-refractivity contribution < 1.29 is 38.3 Å². The van der Waals surface area contributed by atoms with Crippen molar-refractivity contribution in [3.05, 3.63) is 88.9 Å². The Morgan fingerprint density at radius 2 is 1.43 bits per heavy atom. The Hall–Kier alpha value is -2.68. The molecule has 1 aromatic heterocycles. The van der Waals surface area contributed by atoms with Crippen molar-refractivity contribution in [2.75, 3.05) is 70.5 Å². The average molecular weight is 686 g/mol. The van der Waals surface area contributed by atoms with E-state index < -0.39 is 5.97 Å². The van der Waals surface area contributed by atoms with E-state index in [0.29, 0.717) is 70.8 Å². The molecule has 3 rings (SSSR count). The number of rotatable bonds is 23. The van der Waals surface area contributed by atoms with Gasteiger partial charge in [0, 0.05) is 17.6 Å². The second-order valence-corrected chi connectivity index (χ2v) is 11.8. The van der Waals surface area contributed by atoms with Gasteiger partial charge in [0.2, 0.25) is 0 Å². The van der Waals surface area contributed by atoms with Crippen LogP contribution in [0.25, 0.3) is 0 Å². The highest BCUT2D eigenvalue weighted by atomic mass is 35.5. The molecule has 0 saturated heterocycles. The molecule has 0 amide bonds. The molecular formula is C30H34Cl2N2O8S2. The van der Waals surface area contributed by atoms with E-state index in [4.69, 9.17) is 51.6 Å². The first-order valence-electron chi connectivity index (χ1n) is 13.6. The van der Waals surface area contributed by atoms with Crippen molar-refractivity contribution in [3.63, 3.8) is 0 Å². The first-order chi connectivity index (χ1) is 21.5. The lowest BCUT2D eigenvalue weighted by atomic mass is 10.1. The van der Waals surface area contributed by atoms with Crippen LogP contribution in [-0.4, -0.2) is 81.3 Å². The molecule has 0 spiro atoms. The van der Waals surface area contributed by atoms with Gasteiger partial charge in [0.25, 0.3) is 0 Å². The van der Waals surface area contributed by atoms with Crippen LogP contribution in [0.5, 0.6) is 5.75 Å². The smallest absolute Gasteiger partial charge is 0.337 e. The van der Waals surface area contributed by atoms with Crippen molar-refractivity contribution in [3.8, 4) is 5.75 Å². The molecule has 0 bridgehead atoms. The second kappa shape index (κ2) is 21.9. The number of carboxylic acid groups (broad SMARTS) is 1. The number of aromatic nitrogens is 1. The zero-order valence-electron chi connectivity index (χ0n) is 23.8. The monoisotopic (exact) mass is 684 g/mol. The number of hydrogen-bond donors (Lipinski definition) is 2. The normalized spacial score (nSPS) is 11.1. The van der Waals surface area contributed by atoms with E-state index in [1.165, 1.54) is 18.6 Å². The summed E-state index contributed by atoms with van der Waals surface area (Å²) in [6.45, 7) is 4.29. The fourth-order valence-electron chi connectivity index (χ4n) is 3.34. The molecule has 0 saturated carbocycles. The van der Waals surface area contributed by atoms with Crippen LogP contribution in [0.1, 0.15) is 10.4 Å². The van der Waals surface area contributed by atoms with Gasteiger partial charge in [-0.2, -0.15) is 0 Å². The molecule has 0 unspecified atom stereocenters. The number of nitrogens with zero attached hydrogens (tertiary/aromatic N) is 1. The van der Waals surface area contributed by atoms with Crippen LogP contribution in [0.4, 0.5) is 11.4 Å². The minimum absolute atomic E-state index is 0.123. The van der Waals surface area contributed by atoms with E-state index in [9.17, 15) is 9.90 Å². The predicted molar refractivity (Wildman–Crippen MR) is 175 cm³/mol. The van der Waals surface area contributed by atoms with E-state index in [1.807, 2.05) is 18.2 Å². The Balaban J connectivity index is 1.13. The number of nitrogens with one attached hydrogen (secondary N) is 1. The van der Waals surface area contributed by atoms with E-state index >= 15 is 0 Å². The molecule has 3 aromatic rings. The van der Waals surface area contributed by atoms with Crippen LogP contribution in [0, 0.1) is 0 Å². The van der Waals surface area contributed by atoms with Crippen LogP contribution in [-0.2, 0) is 23.7 Å². The van der Waals surface area contributed by atoms with Gasteiger partial charge in [-0.25, -0.2) is 9.78 Å². The summed E-state index contributed by atoms with van der Waals surface area (Å²) in [6.07, 6.45) is 4.46. The lowest BCUT2D eigenvalue weighted by Gasteiger charge is -2.12. The fourth-order valence-corrected chi connectivity index (χ4v) is 5.66. The van der Waals surface area contributed by atoms with Crippen LogP contribution < -0.4 is 10.1 Å². The number of ether oxygens (including phenoxy) is 6. The number of benzene rings is 2. The average Bonchev–Trinajstić information content (AvgIpc) is 3.02. The number of carbonyl (C=O) groups is 1. The van der Waals surface area contributed by atoms with Gasteiger partial charge in [-0.05, 0) is 47.2 Å². The maximum absolute atomic E-state index is 11.4. The molecule has 0 aliphatic heterocycles. The number of halogens is 2. The summed E-state index contributed by atoms with van der Waals surface area (Å²) < 4.78 is 32.8. The zero-order chi connectivity index (χ0) is 31.2. The molecular weight excluding hydrogens is 651 g/mol. The summed E-state index contributed by atoms with van der Waals surface area (Å²) in [7, 11) is 3.35. The van der Waals surface area contributed by atoms with Gasteiger partial charge >= 0.3 is 5.97 Å². The van der Waals surface area contributed by atoms with Gasteiger partial charge in [0.05, 0.1) is 74.2 Å². The standard InChI is InChI=1S/C30H34Cl2N2O8S2/c31-25-21-23(34-27-6-2-1-5-24(27)30(35)36)22-26(32)29(25)42-18-17-40-14-13-38-10-9-37-11-12-39-15-16-41-19-20-43-44-28-7-3-4-8-33-28/h1-8,17-18,21-22,34H,9-16,19-20H2,(H,35,36). The van der Waals surface area contributed by atoms with Gasteiger partial charge < -0.3 is 38.8 Å². The predicted octanol–water partition coefficient (Wildman–Crippen LogP) is 7.20. The van der Waals surface area contributed by atoms with Crippen molar-refractivity contribution in [2.45, 2.75) is 5.03 Å². The van der Waals surface area contributed by atoms with Gasteiger partial charge in [0.1, 0.15) is 24.2 Å². The molecule has 238 valence electrons. The molecule has 0 aliphatic rings. The van der Waals surface area contributed by atoms with Crippen LogP contribution in [0.3, 0.4) is 0 Å². The minimum Gasteiger partial charge on any atom is -0.496 e. The van der Waals surface area contributed by atoms with E-state index in [-0.39, 0.29) is 21.4 Å². The Morgan fingerprint density at radius 3 is 2.07 bits per heavy atom. The van der Waals surface area contributed by atoms with E-state index in [0.717, 1.165) is 10.8 Å². The van der Waals surface area contributed by atoms with Crippen molar-refractivity contribution >= 4 is 62.1 Å². The molecule has 0 atom stereocenters. The highest BCUT2D eigenvalue weighted by molar-refractivity contribution is 8.76. The summed E-state index contributed by atoms with van der Waals surface area (Å²) in [4.78, 5) is 15.7. The molecule has 0 fully saturated rings. The van der Waals surface area contributed by atoms with Gasteiger partial charge in [-0.1, -0.05) is 52.2 Å². The lowest BCUT2D eigenvalue weighted by Crippen LogP contribution is -2.13. The van der Waals surface area contributed by atoms with Crippen LogP contribution in [0.15, 0.2) is 78.3 Å². The molecule has 0 radical (unpaired) electrons. The highest BCUT2D eigenvalue weighted by Gasteiger charge is 2.13. The van der Waals surface area contributed by atoms with Gasteiger partial charge in [0.15, 0.2) is 5.75 Å². The summed E-state index contributed by atoms with van der Waals surface area (Å²) >= 11 is 12.6. The van der Waals surface area contributed by atoms with Crippen molar-refractivity contribution in [1.29, 1.82) is 0 Å². The summed E-state index contributed by atoms with van der Waals surface area (Å²) in [6, 6.07) is 15.5. The zero-order valence-corrected chi connectivity index (χ0v) is 27.0. The largest absolute Gasteiger partial charge is 0.496 e. The topological polar surface area (TPSA) is 118 Å². The highest BCUT2D eigenvalue weighted by Crippen LogP contribution is 2.37. The molecule has 14 heteroatoms. The van der Waals surface area contributed by atoms with E-state index in [2.05, 4.69) is 10.3 Å². The number of aromatic carboxylic acids is 1. The van der Waals surface area contributed by atoms with Crippen LogP contribution >= 0.6 is 44.8 Å². The number of hydrogen-bond acceptors (Lipinski definition) is 11. The lowest BCUT2D eigenvalue weighted by molar-refractivity contribution is -0.00496. The van der Waals surface area contributed by atoms with Crippen LogP contribution in [0.2, 0.25) is 10.0 Å².